The molecule has 470 valence electrons. The summed E-state index contributed by atoms with van der Waals surface area (Å²) < 4.78 is 47.5. The molecule has 0 atom stereocenters. The number of thiophene rings is 1. The van der Waals surface area contributed by atoms with Crippen LogP contribution < -0.4 is 0 Å². The van der Waals surface area contributed by atoms with Crippen LogP contribution in [0.1, 0.15) is 108 Å². The number of hydrogen-bond acceptors (Lipinski definition) is 7. The van der Waals surface area contributed by atoms with Crippen molar-refractivity contribution in [2.45, 2.75) is 72.6 Å². The largest absolute Gasteiger partial charge is 0.481 e. The fraction of sp³-hybridized carbons (Fsp3) is 0.147. The predicted molar refractivity (Wildman–Crippen MR) is 365 cm³/mol. The summed E-state index contributed by atoms with van der Waals surface area (Å²) in [6, 6.07) is 48.5. The minimum absolute atomic E-state index is 0.0355. The summed E-state index contributed by atoms with van der Waals surface area (Å²) in [7, 11) is 0. The Labute approximate surface area is 540 Å². The molecule has 7 heterocycles. The van der Waals surface area contributed by atoms with Gasteiger partial charge in [0, 0.05) is 88.0 Å². The number of nitrogens with zero attached hydrogens (tertiary/aromatic N) is 6. The van der Waals surface area contributed by atoms with Crippen LogP contribution in [0.3, 0.4) is 0 Å². The molecule has 6 N–H and O–H groups in total. The van der Waals surface area contributed by atoms with Gasteiger partial charge < -0.3 is 29.0 Å². The number of rotatable bonds is 13. The van der Waals surface area contributed by atoms with Crippen molar-refractivity contribution in [1.82, 2.24) is 44.3 Å². The van der Waals surface area contributed by atoms with E-state index in [4.69, 9.17) is 0 Å². The van der Waals surface area contributed by atoms with Crippen LogP contribution in [0, 0.1) is 24.4 Å². The summed E-state index contributed by atoms with van der Waals surface area (Å²) in [5.74, 6) is -3.14. The maximum absolute atomic E-state index is 13.7. The van der Waals surface area contributed by atoms with Gasteiger partial charge >= 0.3 is 17.9 Å². The van der Waals surface area contributed by atoms with Gasteiger partial charge in [-0.25, -0.2) is 22.8 Å². The smallest absolute Gasteiger partial charge is 0.345 e. The molecule has 0 radical (unpaired) electrons. The van der Waals surface area contributed by atoms with Crippen LogP contribution in [0.5, 0.6) is 0 Å². The third-order valence-electron chi connectivity index (χ3n) is 17.0. The van der Waals surface area contributed by atoms with Gasteiger partial charge in [-0.3, -0.25) is 20.1 Å². The molecule has 0 bridgehead atoms. The minimum Gasteiger partial charge on any atom is -0.481 e. The van der Waals surface area contributed by atoms with Crippen LogP contribution in [-0.4, -0.2) is 77.5 Å². The minimum atomic E-state index is -0.939. The van der Waals surface area contributed by atoms with Gasteiger partial charge in [0.1, 0.15) is 22.3 Å². The third-order valence-corrected chi connectivity index (χ3v) is 18.1. The Bertz CT molecular complexity index is 5430. The van der Waals surface area contributed by atoms with E-state index in [1.807, 2.05) is 49.4 Å². The second kappa shape index (κ2) is 24.7. The normalized spacial score (nSPS) is 11.7. The lowest BCUT2D eigenvalue weighted by molar-refractivity contribution is -0.136. The summed E-state index contributed by atoms with van der Waals surface area (Å²) >= 11 is 1.26. The first-order valence-electron chi connectivity index (χ1n) is 30.5. The number of fused-ring (bicyclic) bond motifs is 6. The number of carboxylic acids is 3. The first-order valence-corrected chi connectivity index (χ1v) is 31.3. The van der Waals surface area contributed by atoms with Gasteiger partial charge in [0.05, 0.1) is 63.7 Å². The number of aromatic nitrogens is 9. The molecular weight excluding hydrogens is 1210 g/mol. The zero-order valence-electron chi connectivity index (χ0n) is 52.1. The Kier molecular flexibility index (Phi) is 16.2. The molecule has 0 saturated carbocycles. The third kappa shape index (κ3) is 11.3. The van der Waals surface area contributed by atoms with Crippen LogP contribution >= 0.6 is 11.3 Å². The molecule has 0 aliphatic heterocycles. The zero-order valence-corrected chi connectivity index (χ0v) is 52.9. The number of H-pyrrole nitrogens is 3. The van der Waals surface area contributed by atoms with Crippen LogP contribution in [0.4, 0.5) is 13.2 Å². The molecule has 0 spiro atoms. The molecule has 19 heteroatoms. The number of benzene rings is 8. The Balaban J connectivity index is 0.000000128. The van der Waals surface area contributed by atoms with Crippen molar-refractivity contribution < 1.29 is 42.9 Å². The monoisotopic (exact) mass is 1270 g/mol. The van der Waals surface area contributed by atoms with E-state index in [0.717, 1.165) is 138 Å². The molecule has 15 rings (SSSR count). The van der Waals surface area contributed by atoms with Gasteiger partial charge in [0.15, 0.2) is 0 Å². The van der Waals surface area contributed by atoms with Gasteiger partial charge in [-0.15, -0.1) is 11.3 Å². The van der Waals surface area contributed by atoms with Gasteiger partial charge in [-0.05, 0) is 174 Å². The molecule has 94 heavy (non-hydrogen) atoms. The lowest BCUT2D eigenvalue weighted by atomic mass is 9.94. The number of hydrogen-bond donors (Lipinski definition) is 6. The van der Waals surface area contributed by atoms with Gasteiger partial charge in [0.25, 0.3) is 0 Å². The lowest BCUT2D eigenvalue weighted by Crippen LogP contribution is -2.04. The Hall–Kier alpha value is -11.3. The molecule has 0 unspecified atom stereocenters. The van der Waals surface area contributed by atoms with Gasteiger partial charge in [-0.1, -0.05) is 77.9 Å². The van der Waals surface area contributed by atoms with E-state index < -0.39 is 17.9 Å². The highest BCUT2D eigenvalue weighted by molar-refractivity contribution is 7.17. The summed E-state index contributed by atoms with van der Waals surface area (Å²) in [4.78, 5) is 35.5. The summed E-state index contributed by atoms with van der Waals surface area (Å²) in [5, 5.41) is 55.8. The van der Waals surface area contributed by atoms with Crippen molar-refractivity contribution in [3.63, 3.8) is 0 Å². The maximum Gasteiger partial charge on any atom is 0.345 e. The quantitative estimate of drug-likeness (QED) is 0.0647. The molecule has 0 aliphatic carbocycles. The number of aliphatic carboxylic acids is 1. The first-order chi connectivity index (χ1) is 45.2. The van der Waals surface area contributed by atoms with E-state index in [0.29, 0.717) is 10.4 Å². The van der Waals surface area contributed by atoms with E-state index in [2.05, 4.69) is 122 Å². The molecular formula is C75H62F3N9O6S. The number of carboxylic acid groups (broad SMARTS) is 3. The van der Waals surface area contributed by atoms with Gasteiger partial charge in [0.2, 0.25) is 0 Å². The van der Waals surface area contributed by atoms with Crippen molar-refractivity contribution in [3.8, 4) is 49.8 Å². The maximum atomic E-state index is 13.7. The van der Waals surface area contributed by atoms with Crippen LogP contribution in [0.25, 0.3) is 115 Å². The Morgan fingerprint density at radius 1 is 0.468 bits per heavy atom. The topological polar surface area (TPSA) is 213 Å². The second-order valence-corrected chi connectivity index (χ2v) is 25.3. The van der Waals surface area contributed by atoms with Crippen molar-refractivity contribution >= 4 is 94.7 Å². The molecule has 0 amide bonds. The fourth-order valence-electron chi connectivity index (χ4n) is 13.0. The highest BCUT2D eigenvalue weighted by Gasteiger charge is 2.28. The number of aromatic amines is 3. The molecule has 15 aromatic rings. The van der Waals surface area contributed by atoms with Gasteiger partial charge in [-0.2, -0.15) is 15.3 Å². The number of carbonyl (C=O) groups is 3. The molecule has 8 aromatic carbocycles. The van der Waals surface area contributed by atoms with Crippen molar-refractivity contribution in [1.29, 1.82) is 0 Å². The molecule has 15 nitrogen and oxygen atoms in total. The zero-order chi connectivity index (χ0) is 66.0. The van der Waals surface area contributed by atoms with E-state index in [1.165, 1.54) is 47.7 Å². The van der Waals surface area contributed by atoms with E-state index in [-0.39, 0.29) is 47.2 Å². The van der Waals surface area contributed by atoms with E-state index in [9.17, 15) is 42.9 Å². The van der Waals surface area contributed by atoms with Crippen LogP contribution in [-0.2, 0) is 11.2 Å². The number of aromatic carboxylic acids is 2. The molecule has 7 aromatic heterocycles. The van der Waals surface area contributed by atoms with E-state index in [1.54, 1.807) is 67.1 Å². The van der Waals surface area contributed by atoms with Crippen LogP contribution in [0.15, 0.2) is 182 Å². The SMILES string of the molecule is CC(C)c1c(-c2ccc(C(=O)O)s2)c2cc3[nH]ncc3cc2n1-c1ccc(F)cc1.CC(C)c1c(-c2cccc(CC(=O)O)c2)c2cc3[nH]ncc3cc2n1-c1ccc(F)cc1.Cc1cc(-c2c(C(C)C)n(-c3ccc(F)cc3)c3cc4cn[nH]c4cc23)ccc1C(=O)O. The second-order valence-electron chi connectivity index (χ2n) is 24.2. The molecule has 0 aliphatic rings. The van der Waals surface area contributed by atoms with E-state index >= 15 is 0 Å². The highest BCUT2D eigenvalue weighted by Crippen LogP contribution is 2.47. The predicted octanol–water partition coefficient (Wildman–Crippen LogP) is 18.7. The fourth-order valence-corrected chi connectivity index (χ4v) is 13.9. The van der Waals surface area contributed by atoms with Crippen molar-refractivity contribution in [2.24, 2.45) is 0 Å². The van der Waals surface area contributed by atoms with Crippen LogP contribution in [0.2, 0.25) is 0 Å². The number of halogens is 3. The van der Waals surface area contributed by atoms with Crippen molar-refractivity contribution in [3.05, 3.63) is 238 Å². The lowest BCUT2D eigenvalue weighted by Gasteiger charge is -2.16. The van der Waals surface area contributed by atoms with Crippen molar-refractivity contribution in [2.75, 3.05) is 0 Å². The summed E-state index contributed by atoms with van der Waals surface area (Å²) in [6.45, 7) is 14.5. The number of nitrogens with one attached hydrogen (secondary N) is 3. The average Bonchev–Trinajstić information content (AvgIpc) is 1.59. The number of aryl methyl sites for hydroxylation is 1. The Morgan fingerprint density at radius 2 is 0.872 bits per heavy atom. The molecule has 0 fully saturated rings. The molecule has 0 saturated heterocycles. The summed E-state index contributed by atoms with van der Waals surface area (Å²) in [6.07, 6.45) is 5.32. The Morgan fingerprint density at radius 3 is 1.24 bits per heavy atom. The average molecular weight is 1270 g/mol. The highest BCUT2D eigenvalue weighted by atomic mass is 32.1. The first kappa shape index (κ1) is 61.5. The summed E-state index contributed by atoms with van der Waals surface area (Å²) in [5.41, 5.74) is 18.2. The standard InChI is InChI=1S/2C26H22FN3O2.C23H18FN3O2S/c1-14(2)25-24(16-4-9-20(26(31)32)15(3)10-16)21-12-22-17(13-28-29-22)11-23(21)30(25)19-7-5-18(27)6-8-19;1-15(2)26-25(17-5-3-4-16(10-17)11-24(31)32)21-13-22-18(14-28-29-22)12-23(21)30(26)20-8-6-19(27)7-9-20;1-12(2)22-21(19-7-8-20(30-19)23(28)29)16-10-17-13(11-25-26-17)9-18(16)27(22)15-5-3-14(24)4-6-15/h4-14H,1-3H3,(H,28,29)(H,31,32);3-10,12-15H,11H2,1-2H3,(H,28,29)(H,31,32);3-12H,1-2H3,(H,25,26)(H,28,29).